The molecule has 1 fully saturated rings. The Morgan fingerprint density at radius 2 is 2.31 bits per heavy atom. The van der Waals surface area contributed by atoms with Crippen LogP contribution in [0.2, 0.25) is 0 Å². The van der Waals surface area contributed by atoms with Crippen molar-refractivity contribution >= 4 is 5.91 Å². The fourth-order valence-corrected chi connectivity index (χ4v) is 1.96. The van der Waals surface area contributed by atoms with Crippen LogP contribution in [0.25, 0.3) is 0 Å². The number of aliphatic hydroxyl groups excluding tert-OH is 1. The molecule has 0 aromatic carbocycles. The molecule has 1 aliphatic heterocycles. The van der Waals surface area contributed by atoms with Gasteiger partial charge in [0.1, 0.15) is 0 Å². The van der Waals surface area contributed by atoms with Crippen LogP contribution in [0.1, 0.15) is 26.7 Å². The van der Waals surface area contributed by atoms with Gasteiger partial charge in [0.05, 0.1) is 6.54 Å². The molecule has 0 aromatic rings. The molecule has 1 rings (SSSR count). The first-order valence-corrected chi connectivity index (χ1v) is 6.21. The van der Waals surface area contributed by atoms with E-state index in [0.717, 1.165) is 32.5 Å². The molecule has 0 saturated carbocycles. The molecule has 1 amide bonds. The van der Waals surface area contributed by atoms with E-state index in [1.165, 1.54) is 0 Å². The molecule has 4 nitrogen and oxygen atoms in total. The van der Waals surface area contributed by atoms with Crippen LogP contribution in [0.3, 0.4) is 0 Å². The molecule has 1 saturated heterocycles. The first-order valence-electron chi connectivity index (χ1n) is 6.21. The molecule has 1 unspecified atom stereocenters. The number of hydrogen-bond donors (Lipinski definition) is 2. The molecule has 0 bridgehead atoms. The lowest BCUT2D eigenvalue weighted by Gasteiger charge is -2.15. The van der Waals surface area contributed by atoms with Crippen LogP contribution in [0.5, 0.6) is 0 Å². The third-order valence-electron chi connectivity index (χ3n) is 3.04. The standard InChI is InChI=1S/C12H24N2O2/c1-10(2)3-5-13-12(16)8-14-6-4-11(7-14)9-15/h10-11,15H,3-9H2,1-2H3,(H,13,16). The van der Waals surface area contributed by atoms with E-state index in [1.54, 1.807) is 0 Å². The lowest BCUT2D eigenvalue weighted by atomic mass is 10.1. The van der Waals surface area contributed by atoms with Crippen molar-refractivity contribution in [3.63, 3.8) is 0 Å². The number of amides is 1. The molecular formula is C12H24N2O2. The summed E-state index contributed by atoms with van der Waals surface area (Å²) in [7, 11) is 0. The van der Waals surface area contributed by atoms with Gasteiger partial charge in [-0.2, -0.15) is 0 Å². The largest absolute Gasteiger partial charge is 0.396 e. The maximum Gasteiger partial charge on any atom is 0.234 e. The number of carbonyl (C=O) groups excluding carboxylic acids is 1. The van der Waals surface area contributed by atoms with E-state index < -0.39 is 0 Å². The fraction of sp³-hybridized carbons (Fsp3) is 0.917. The van der Waals surface area contributed by atoms with Crippen molar-refractivity contribution in [1.82, 2.24) is 10.2 Å². The Bertz CT molecular complexity index is 219. The van der Waals surface area contributed by atoms with Crippen molar-refractivity contribution in [2.75, 3.05) is 32.8 Å². The van der Waals surface area contributed by atoms with Crippen LogP contribution < -0.4 is 5.32 Å². The van der Waals surface area contributed by atoms with E-state index in [4.69, 9.17) is 5.11 Å². The SMILES string of the molecule is CC(C)CCNC(=O)CN1CCC(CO)C1. The first-order chi connectivity index (χ1) is 7.61. The Hall–Kier alpha value is -0.610. The minimum absolute atomic E-state index is 0.110. The summed E-state index contributed by atoms with van der Waals surface area (Å²) >= 11 is 0. The van der Waals surface area contributed by atoms with Crippen LogP contribution in [0.4, 0.5) is 0 Å². The molecule has 4 heteroatoms. The molecule has 16 heavy (non-hydrogen) atoms. The molecule has 0 aliphatic carbocycles. The summed E-state index contributed by atoms with van der Waals surface area (Å²) in [5, 5.41) is 11.9. The van der Waals surface area contributed by atoms with Gasteiger partial charge in [0, 0.05) is 19.7 Å². The van der Waals surface area contributed by atoms with E-state index in [9.17, 15) is 4.79 Å². The number of aliphatic hydroxyl groups is 1. The predicted molar refractivity (Wildman–Crippen MR) is 64.1 cm³/mol. The Morgan fingerprint density at radius 3 is 2.88 bits per heavy atom. The Morgan fingerprint density at radius 1 is 1.56 bits per heavy atom. The van der Waals surface area contributed by atoms with Gasteiger partial charge in [-0.1, -0.05) is 13.8 Å². The molecule has 1 aliphatic rings. The van der Waals surface area contributed by atoms with Crippen molar-refractivity contribution in [2.45, 2.75) is 26.7 Å². The minimum Gasteiger partial charge on any atom is -0.396 e. The quantitative estimate of drug-likeness (QED) is 0.694. The van der Waals surface area contributed by atoms with Gasteiger partial charge in [-0.25, -0.2) is 0 Å². The highest BCUT2D eigenvalue weighted by atomic mass is 16.3. The molecule has 0 spiro atoms. The lowest BCUT2D eigenvalue weighted by Crippen LogP contribution is -2.36. The number of likely N-dealkylation sites (tertiary alicyclic amines) is 1. The monoisotopic (exact) mass is 228 g/mol. The number of nitrogens with zero attached hydrogens (tertiary/aromatic N) is 1. The highest BCUT2D eigenvalue weighted by Crippen LogP contribution is 2.14. The topological polar surface area (TPSA) is 52.6 Å². The van der Waals surface area contributed by atoms with E-state index in [2.05, 4.69) is 24.1 Å². The molecule has 1 heterocycles. The summed E-state index contributed by atoms with van der Waals surface area (Å²) in [5.74, 6) is 1.11. The maximum absolute atomic E-state index is 11.6. The second-order valence-electron chi connectivity index (χ2n) is 5.10. The van der Waals surface area contributed by atoms with Crippen molar-refractivity contribution in [3.05, 3.63) is 0 Å². The highest BCUT2D eigenvalue weighted by molar-refractivity contribution is 5.78. The van der Waals surface area contributed by atoms with Crippen LogP contribution >= 0.6 is 0 Å². The maximum atomic E-state index is 11.6. The van der Waals surface area contributed by atoms with E-state index in [-0.39, 0.29) is 12.5 Å². The van der Waals surface area contributed by atoms with Crippen LogP contribution in [0.15, 0.2) is 0 Å². The summed E-state index contributed by atoms with van der Waals surface area (Å²) in [6.45, 7) is 7.59. The Labute approximate surface area is 98.0 Å². The molecule has 1 atom stereocenters. The third-order valence-corrected chi connectivity index (χ3v) is 3.04. The van der Waals surface area contributed by atoms with Crippen LogP contribution in [0, 0.1) is 11.8 Å². The van der Waals surface area contributed by atoms with Crippen LogP contribution in [-0.2, 0) is 4.79 Å². The Kier molecular flexibility index (Phi) is 5.77. The number of nitrogens with one attached hydrogen (secondary N) is 1. The fourth-order valence-electron chi connectivity index (χ4n) is 1.96. The van der Waals surface area contributed by atoms with Gasteiger partial charge in [-0.3, -0.25) is 9.69 Å². The van der Waals surface area contributed by atoms with E-state index in [0.29, 0.717) is 18.4 Å². The summed E-state index contributed by atoms with van der Waals surface area (Å²) in [4.78, 5) is 13.7. The summed E-state index contributed by atoms with van der Waals surface area (Å²) in [6, 6.07) is 0. The Balaban J connectivity index is 2.10. The second-order valence-corrected chi connectivity index (χ2v) is 5.10. The van der Waals surface area contributed by atoms with Gasteiger partial charge in [-0.05, 0) is 31.2 Å². The van der Waals surface area contributed by atoms with Gasteiger partial charge >= 0.3 is 0 Å². The average molecular weight is 228 g/mol. The lowest BCUT2D eigenvalue weighted by molar-refractivity contribution is -0.122. The van der Waals surface area contributed by atoms with E-state index in [1.807, 2.05) is 0 Å². The van der Waals surface area contributed by atoms with Gasteiger partial charge in [0.15, 0.2) is 0 Å². The number of carbonyl (C=O) groups is 1. The summed E-state index contributed by atoms with van der Waals surface area (Å²) in [6.07, 6.45) is 2.04. The zero-order valence-corrected chi connectivity index (χ0v) is 10.4. The summed E-state index contributed by atoms with van der Waals surface area (Å²) < 4.78 is 0. The number of rotatable bonds is 6. The molecular weight excluding hydrogens is 204 g/mol. The first kappa shape index (κ1) is 13.5. The molecule has 94 valence electrons. The van der Waals surface area contributed by atoms with Crippen LogP contribution in [-0.4, -0.2) is 48.7 Å². The molecule has 0 radical (unpaired) electrons. The second kappa shape index (κ2) is 6.86. The van der Waals surface area contributed by atoms with Crippen molar-refractivity contribution in [1.29, 1.82) is 0 Å². The zero-order chi connectivity index (χ0) is 12.0. The summed E-state index contributed by atoms with van der Waals surface area (Å²) in [5.41, 5.74) is 0. The highest BCUT2D eigenvalue weighted by Gasteiger charge is 2.22. The van der Waals surface area contributed by atoms with Crippen molar-refractivity contribution in [3.8, 4) is 0 Å². The molecule has 0 aromatic heterocycles. The average Bonchev–Trinajstić information content (AvgIpc) is 2.65. The third kappa shape index (κ3) is 4.94. The number of hydrogen-bond acceptors (Lipinski definition) is 3. The predicted octanol–water partition coefficient (Wildman–Crippen LogP) is 0.463. The van der Waals surface area contributed by atoms with Gasteiger partial charge in [0.25, 0.3) is 0 Å². The zero-order valence-electron chi connectivity index (χ0n) is 10.4. The smallest absolute Gasteiger partial charge is 0.234 e. The molecule has 2 N–H and O–H groups in total. The van der Waals surface area contributed by atoms with Crippen molar-refractivity contribution in [2.24, 2.45) is 11.8 Å². The van der Waals surface area contributed by atoms with E-state index >= 15 is 0 Å². The van der Waals surface area contributed by atoms with Gasteiger partial charge < -0.3 is 10.4 Å². The minimum atomic E-state index is 0.110. The normalized spacial score (nSPS) is 21.6. The van der Waals surface area contributed by atoms with Crippen molar-refractivity contribution < 1.29 is 9.90 Å². The van der Waals surface area contributed by atoms with Gasteiger partial charge in [0.2, 0.25) is 5.91 Å². The van der Waals surface area contributed by atoms with Gasteiger partial charge in [-0.15, -0.1) is 0 Å².